The molecule has 2 heterocycles. The Morgan fingerprint density at radius 1 is 0.232 bits per heavy atom. The minimum Gasteiger partial charge on any atom is -0.310 e. The van der Waals surface area contributed by atoms with Crippen molar-refractivity contribution in [2.24, 2.45) is 0 Å². The largest absolute Gasteiger partial charge is 0.310 e. The zero-order valence-electron chi connectivity index (χ0n) is 37.8. The second-order valence-electron chi connectivity index (χ2n) is 17.7. The maximum absolute atomic E-state index is 2.44. The Labute approximate surface area is 401 Å². The van der Waals surface area contributed by atoms with E-state index < -0.39 is 0 Å². The van der Waals surface area contributed by atoms with Crippen LogP contribution in [0.4, 0.5) is 17.1 Å². The molecule has 2 aromatic heterocycles. The summed E-state index contributed by atoms with van der Waals surface area (Å²) in [5.41, 5.74) is 19.7. The van der Waals surface area contributed by atoms with Crippen molar-refractivity contribution in [1.82, 2.24) is 9.13 Å². The van der Waals surface area contributed by atoms with Crippen molar-refractivity contribution in [3.05, 3.63) is 273 Å². The van der Waals surface area contributed by atoms with Crippen LogP contribution in [0, 0.1) is 0 Å². The summed E-state index contributed by atoms with van der Waals surface area (Å²) in [5.74, 6) is 0. The molecule has 13 rings (SSSR count). The van der Waals surface area contributed by atoms with E-state index in [4.69, 9.17) is 0 Å². The standard InChI is InChI=1S/C66H45N3/c1-3-19-48(20-4-1)53-23-7-8-24-54(53)55-25-9-10-26-56(55)57-27-11-15-31-62(57)67(52-43-44-66-61(45-52)60-30-14-18-34-65(60)68(66)49-21-5-2-6-22-49)50-39-35-46(36-40-50)47-37-41-51(42-38-47)69-63-32-16-12-28-58(63)59-29-13-17-33-64(59)69/h1-45H. The molecule has 0 bridgehead atoms. The first kappa shape index (κ1) is 40.1. The second-order valence-corrected chi connectivity index (χ2v) is 17.7. The lowest BCUT2D eigenvalue weighted by Gasteiger charge is -2.29. The van der Waals surface area contributed by atoms with Crippen LogP contribution in [0.15, 0.2) is 273 Å². The van der Waals surface area contributed by atoms with Crippen molar-refractivity contribution in [2.45, 2.75) is 0 Å². The summed E-state index contributed by atoms with van der Waals surface area (Å²) in [6, 6.07) is 99.1. The van der Waals surface area contributed by atoms with Gasteiger partial charge in [-0.25, -0.2) is 0 Å². The van der Waals surface area contributed by atoms with Crippen LogP contribution in [0.2, 0.25) is 0 Å². The lowest BCUT2D eigenvalue weighted by atomic mass is 9.88. The van der Waals surface area contributed by atoms with E-state index >= 15 is 0 Å². The normalized spacial score (nSPS) is 11.5. The van der Waals surface area contributed by atoms with Gasteiger partial charge in [0.25, 0.3) is 0 Å². The van der Waals surface area contributed by atoms with Gasteiger partial charge in [0.05, 0.1) is 27.8 Å². The van der Waals surface area contributed by atoms with Gasteiger partial charge in [-0.3, -0.25) is 0 Å². The summed E-state index contributed by atoms with van der Waals surface area (Å²) in [6.07, 6.45) is 0. The SMILES string of the molecule is c1ccc(-c2ccccc2-c2ccccc2-c2ccccc2N(c2ccc(-c3ccc(-n4c5ccccc5c5ccccc54)cc3)cc2)c2ccc3c(c2)c2ccccc2n3-c2ccccc2)cc1. The first-order valence-corrected chi connectivity index (χ1v) is 23.7. The summed E-state index contributed by atoms with van der Waals surface area (Å²) in [4.78, 5) is 2.44. The Morgan fingerprint density at radius 3 is 1.22 bits per heavy atom. The van der Waals surface area contributed by atoms with Crippen molar-refractivity contribution in [3.8, 4) is 55.9 Å². The lowest BCUT2D eigenvalue weighted by molar-refractivity contribution is 1.18. The minimum atomic E-state index is 1.07. The van der Waals surface area contributed by atoms with E-state index in [1.807, 2.05) is 0 Å². The molecule has 0 fully saturated rings. The number of nitrogens with zero attached hydrogens (tertiary/aromatic N) is 3. The van der Waals surface area contributed by atoms with Crippen LogP contribution in [0.25, 0.3) is 99.5 Å². The molecule has 13 aromatic rings. The van der Waals surface area contributed by atoms with Gasteiger partial charge >= 0.3 is 0 Å². The van der Waals surface area contributed by atoms with Gasteiger partial charge < -0.3 is 14.0 Å². The number of para-hydroxylation sites is 5. The molecule has 0 radical (unpaired) electrons. The second kappa shape index (κ2) is 16.9. The van der Waals surface area contributed by atoms with E-state index in [-0.39, 0.29) is 0 Å². The summed E-state index contributed by atoms with van der Waals surface area (Å²) >= 11 is 0. The molecule has 11 aromatic carbocycles. The molecule has 0 aliphatic heterocycles. The van der Waals surface area contributed by atoms with Crippen LogP contribution < -0.4 is 4.90 Å². The summed E-state index contributed by atoms with van der Waals surface area (Å²) in [5, 5.41) is 4.95. The molecule has 0 aliphatic rings. The monoisotopic (exact) mass is 879 g/mol. The highest BCUT2D eigenvalue weighted by Crippen LogP contribution is 2.47. The van der Waals surface area contributed by atoms with Crippen molar-refractivity contribution in [2.75, 3.05) is 4.90 Å². The molecular weight excluding hydrogens is 835 g/mol. The van der Waals surface area contributed by atoms with E-state index in [1.165, 1.54) is 77.0 Å². The average molecular weight is 880 g/mol. The third-order valence-electron chi connectivity index (χ3n) is 13.8. The first-order chi connectivity index (χ1) is 34.3. The zero-order valence-corrected chi connectivity index (χ0v) is 37.8. The Kier molecular flexibility index (Phi) is 9.84. The summed E-state index contributed by atoms with van der Waals surface area (Å²) in [7, 11) is 0. The minimum absolute atomic E-state index is 1.07. The van der Waals surface area contributed by atoms with Gasteiger partial charge in [0.2, 0.25) is 0 Å². The van der Waals surface area contributed by atoms with Crippen molar-refractivity contribution in [3.63, 3.8) is 0 Å². The smallest absolute Gasteiger partial charge is 0.0542 e. The van der Waals surface area contributed by atoms with Gasteiger partial charge in [0.15, 0.2) is 0 Å². The molecule has 0 aliphatic carbocycles. The van der Waals surface area contributed by atoms with E-state index in [1.54, 1.807) is 0 Å². The number of benzene rings is 11. The molecule has 69 heavy (non-hydrogen) atoms. The number of fused-ring (bicyclic) bond motifs is 6. The Hall–Kier alpha value is -9.18. The van der Waals surface area contributed by atoms with Gasteiger partial charge in [-0.1, -0.05) is 194 Å². The van der Waals surface area contributed by atoms with Crippen molar-refractivity contribution in [1.29, 1.82) is 0 Å². The molecule has 3 nitrogen and oxygen atoms in total. The van der Waals surface area contributed by atoms with E-state index in [9.17, 15) is 0 Å². The number of anilines is 3. The zero-order chi connectivity index (χ0) is 45.7. The van der Waals surface area contributed by atoms with Gasteiger partial charge in [0, 0.05) is 49.9 Å². The topological polar surface area (TPSA) is 13.1 Å². The van der Waals surface area contributed by atoms with E-state index in [0.29, 0.717) is 0 Å². The van der Waals surface area contributed by atoms with Gasteiger partial charge in [0.1, 0.15) is 0 Å². The molecule has 0 N–H and O–H groups in total. The van der Waals surface area contributed by atoms with Crippen molar-refractivity contribution < 1.29 is 0 Å². The third-order valence-corrected chi connectivity index (χ3v) is 13.8. The third kappa shape index (κ3) is 6.91. The number of aromatic nitrogens is 2. The van der Waals surface area contributed by atoms with Crippen LogP contribution in [-0.2, 0) is 0 Å². The predicted molar refractivity (Wildman–Crippen MR) is 292 cm³/mol. The Morgan fingerprint density at radius 2 is 0.623 bits per heavy atom. The lowest BCUT2D eigenvalue weighted by Crippen LogP contribution is -2.11. The molecule has 0 saturated heterocycles. The number of hydrogen-bond acceptors (Lipinski definition) is 1. The summed E-state index contributed by atoms with van der Waals surface area (Å²) < 4.78 is 4.76. The van der Waals surface area contributed by atoms with E-state index in [2.05, 4.69) is 287 Å². The number of rotatable bonds is 9. The highest BCUT2D eigenvalue weighted by Gasteiger charge is 2.22. The maximum atomic E-state index is 2.44. The fraction of sp³-hybridized carbons (Fsp3) is 0. The van der Waals surface area contributed by atoms with Crippen LogP contribution >= 0.6 is 0 Å². The molecule has 0 unspecified atom stereocenters. The summed E-state index contributed by atoms with van der Waals surface area (Å²) in [6.45, 7) is 0. The van der Waals surface area contributed by atoms with Crippen LogP contribution in [0.1, 0.15) is 0 Å². The first-order valence-electron chi connectivity index (χ1n) is 23.7. The molecule has 0 saturated carbocycles. The number of hydrogen-bond donors (Lipinski definition) is 0. The molecule has 0 amide bonds. The van der Waals surface area contributed by atoms with Crippen LogP contribution in [-0.4, -0.2) is 9.13 Å². The van der Waals surface area contributed by atoms with Crippen LogP contribution in [0.5, 0.6) is 0 Å². The average Bonchev–Trinajstić information content (AvgIpc) is 3.95. The van der Waals surface area contributed by atoms with Gasteiger partial charge in [-0.05, 0) is 118 Å². The molecule has 3 heteroatoms. The fourth-order valence-electron chi connectivity index (χ4n) is 10.6. The van der Waals surface area contributed by atoms with Gasteiger partial charge in [-0.2, -0.15) is 0 Å². The fourth-order valence-corrected chi connectivity index (χ4v) is 10.6. The quantitative estimate of drug-likeness (QED) is 0.141. The molecule has 324 valence electrons. The highest BCUT2D eigenvalue weighted by molar-refractivity contribution is 6.11. The maximum Gasteiger partial charge on any atom is 0.0542 e. The van der Waals surface area contributed by atoms with Crippen LogP contribution in [0.3, 0.4) is 0 Å². The molecular formula is C66H45N3. The molecule has 0 atom stereocenters. The van der Waals surface area contributed by atoms with Gasteiger partial charge in [-0.15, -0.1) is 0 Å². The highest BCUT2D eigenvalue weighted by atomic mass is 15.1. The van der Waals surface area contributed by atoms with Crippen molar-refractivity contribution >= 4 is 60.7 Å². The molecule has 0 spiro atoms. The Balaban J connectivity index is 0.960. The Bertz CT molecular complexity index is 3940. The predicted octanol–water partition coefficient (Wildman–Crippen LogP) is 18.0. The van der Waals surface area contributed by atoms with E-state index in [0.717, 1.165) is 39.6 Å².